The molecule has 0 radical (unpaired) electrons. The van der Waals surface area contributed by atoms with Gasteiger partial charge in [0.2, 0.25) is 10.0 Å². The zero-order valence-corrected chi connectivity index (χ0v) is 11.5. The number of rotatable bonds is 5. The number of nitrogens with one attached hydrogen (secondary N) is 1. The molecule has 0 saturated heterocycles. The number of hydrogen-bond acceptors (Lipinski definition) is 3. The van der Waals surface area contributed by atoms with Crippen molar-refractivity contribution in [3.63, 3.8) is 0 Å². The van der Waals surface area contributed by atoms with Crippen molar-refractivity contribution in [2.45, 2.75) is 24.8 Å². The number of carboxylic acid groups (broad SMARTS) is 1. The summed E-state index contributed by atoms with van der Waals surface area (Å²) in [6.45, 7) is 3.26. The number of benzene rings is 1. The molecule has 0 bridgehead atoms. The van der Waals surface area contributed by atoms with E-state index in [4.69, 9.17) is 16.7 Å². The summed E-state index contributed by atoms with van der Waals surface area (Å²) in [6, 6.07) is 4.35. The van der Waals surface area contributed by atoms with Crippen LogP contribution in [-0.4, -0.2) is 25.5 Å². The maximum atomic E-state index is 11.9. The molecular weight excluding hydrogens is 278 g/mol. The van der Waals surface area contributed by atoms with Crippen LogP contribution in [0, 0.1) is 5.92 Å². The number of aliphatic carboxylic acids is 1. The maximum Gasteiger partial charge on any atom is 0.322 e. The summed E-state index contributed by atoms with van der Waals surface area (Å²) in [7, 11) is -3.86. The van der Waals surface area contributed by atoms with Crippen molar-refractivity contribution in [3.05, 3.63) is 29.3 Å². The van der Waals surface area contributed by atoms with Crippen molar-refractivity contribution < 1.29 is 18.3 Å². The van der Waals surface area contributed by atoms with Crippen LogP contribution in [0.1, 0.15) is 13.8 Å². The fraction of sp³-hybridized carbons (Fsp3) is 0.364. The first-order valence-corrected chi connectivity index (χ1v) is 7.11. The van der Waals surface area contributed by atoms with E-state index in [-0.39, 0.29) is 10.8 Å². The Hall–Kier alpha value is -1.11. The van der Waals surface area contributed by atoms with Gasteiger partial charge in [0, 0.05) is 5.02 Å². The van der Waals surface area contributed by atoms with Gasteiger partial charge in [-0.1, -0.05) is 25.4 Å². The molecule has 0 saturated carbocycles. The fourth-order valence-electron chi connectivity index (χ4n) is 1.32. The van der Waals surface area contributed by atoms with Gasteiger partial charge in [0.1, 0.15) is 6.04 Å². The topological polar surface area (TPSA) is 83.5 Å². The lowest BCUT2D eigenvalue weighted by Gasteiger charge is -2.17. The van der Waals surface area contributed by atoms with Gasteiger partial charge >= 0.3 is 5.97 Å². The highest BCUT2D eigenvalue weighted by Crippen LogP contribution is 2.15. The van der Waals surface area contributed by atoms with Gasteiger partial charge in [-0.25, -0.2) is 8.42 Å². The normalized spacial score (nSPS) is 13.6. The second-order valence-corrected chi connectivity index (χ2v) is 6.29. The summed E-state index contributed by atoms with van der Waals surface area (Å²) >= 11 is 5.66. The molecule has 7 heteroatoms. The van der Waals surface area contributed by atoms with Gasteiger partial charge in [-0.05, 0) is 30.2 Å². The van der Waals surface area contributed by atoms with Crippen LogP contribution < -0.4 is 4.72 Å². The molecule has 0 amide bonds. The average molecular weight is 292 g/mol. The lowest BCUT2D eigenvalue weighted by Crippen LogP contribution is -2.44. The molecule has 1 aromatic carbocycles. The molecule has 0 heterocycles. The Labute approximate surface area is 111 Å². The van der Waals surface area contributed by atoms with E-state index in [0.29, 0.717) is 5.02 Å². The van der Waals surface area contributed by atoms with Crippen LogP contribution >= 0.6 is 11.6 Å². The minimum absolute atomic E-state index is 0.0150. The minimum Gasteiger partial charge on any atom is -0.480 e. The Morgan fingerprint density at radius 2 is 1.78 bits per heavy atom. The van der Waals surface area contributed by atoms with Gasteiger partial charge in [-0.3, -0.25) is 4.79 Å². The average Bonchev–Trinajstić information content (AvgIpc) is 2.26. The molecular formula is C11H14ClNO4S. The first kappa shape index (κ1) is 14.9. The molecule has 1 rings (SSSR count). The van der Waals surface area contributed by atoms with E-state index < -0.39 is 22.0 Å². The Bertz CT molecular complexity index is 524. The van der Waals surface area contributed by atoms with Gasteiger partial charge < -0.3 is 5.11 Å². The van der Waals surface area contributed by atoms with Gasteiger partial charge in [0.15, 0.2) is 0 Å². The number of carbonyl (C=O) groups is 1. The molecule has 0 spiro atoms. The van der Waals surface area contributed by atoms with E-state index in [0.717, 1.165) is 0 Å². The van der Waals surface area contributed by atoms with Crippen molar-refractivity contribution in [2.75, 3.05) is 0 Å². The standard InChI is InChI=1S/C11H14ClNO4S/c1-7(2)10(11(14)15)13-18(16,17)9-5-3-8(12)4-6-9/h3-7,10,13H,1-2H3,(H,14,15)/t10-/m1/s1. The highest BCUT2D eigenvalue weighted by atomic mass is 35.5. The van der Waals surface area contributed by atoms with E-state index in [1.54, 1.807) is 13.8 Å². The molecule has 5 nitrogen and oxygen atoms in total. The molecule has 0 aromatic heterocycles. The van der Waals surface area contributed by atoms with Crippen molar-refractivity contribution in [1.29, 1.82) is 0 Å². The van der Waals surface area contributed by atoms with E-state index in [1.165, 1.54) is 24.3 Å². The summed E-state index contributed by atoms with van der Waals surface area (Å²) in [4.78, 5) is 10.9. The van der Waals surface area contributed by atoms with Crippen molar-refractivity contribution in [3.8, 4) is 0 Å². The SMILES string of the molecule is CC(C)[C@@H](NS(=O)(=O)c1ccc(Cl)cc1)C(=O)O. The van der Waals surface area contributed by atoms with Crippen LogP contribution in [0.5, 0.6) is 0 Å². The van der Waals surface area contributed by atoms with Crippen LogP contribution in [0.3, 0.4) is 0 Å². The number of sulfonamides is 1. The predicted octanol–water partition coefficient (Wildman–Crippen LogP) is 1.73. The summed E-state index contributed by atoms with van der Waals surface area (Å²) < 4.78 is 26.0. The third-order valence-corrected chi connectivity index (χ3v) is 4.05. The summed E-state index contributed by atoms with van der Waals surface area (Å²) in [5.74, 6) is -1.56. The van der Waals surface area contributed by atoms with Crippen LogP contribution in [0.15, 0.2) is 29.2 Å². The van der Waals surface area contributed by atoms with E-state index in [1.807, 2.05) is 0 Å². The molecule has 0 aliphatic heterocycles. The lowest BCUT2D eigenvalue weighted by molar-refractivity contribution is -0.140. The number of halogens is 1. The molecule has 0 unspecified atom stereocenters. The summed E-state index contributed by atoms with van der Waals surface area (Å²) in [5, 5.41) is 9.36. The maximum absolute atomic E-state index is 11.9. The van der Waals surface area contributed by atoms with Crippen LogP contribution in [0.25, 0.3) is 0 Å². The summed E-state index contributed by atoms with van der Waals surface area (Å²) in [5.41, 5.74) is 0. The van der Waals surface area contributed by atoms with E-state index in [2.05, 4.69) is 4.72 Å². The highest BCUT2D eigenvalue weighted by molar-refractivity contribution is 7.89. The first-order valence-electron chi connectivity index (χ1n) is 5.25. The molecule has 2 N–H and O–H groups in total. The van der Waals surface area contributed by atoms with Crippen LogP contribution in [-0.2, 0) is 14.8 Å². The molecule has 0 fully saturated rings. The van der Waals surface area contributed by atoms with Crippen LogP contribution in [0.2, 0.25) is 5.02 Å². The lowest BCUT2D eigenvalue weighted by atomic mass is 10.1. The Morgan fingerprint density at radius 1 is 1.28 bits per heavy atom. The number of carboxylic acids is 1. The Morgan fingerprint density at radius 3 is 2.17 bits per heavy atom. The van der Waals surface area contributed by atoms with Gasteiger partial charge in [-0.2, -0.15) is 4.72 Å². The Kier molecular flexibility index (Phi) is 4.72. The highest BCUT2D eigenvalue weighted by Gasteiger charge is 2.27. The van der Waals surface area contributed by atoms with Gasteiger partial charge in [0.25, 0.3) is 0 Å². The largest absolute Gasteiger partial charge is 0.480 e. The molecule has 0 aliphatic rings. The fourth-order valence-corrected chi connectivity index (χ4v) is 2.78. The second kappa shape index (κ2) is 5.69. The van der Waals surface area contributed by atoms with Gasteiger partial charge in [-0.15, -0.1) is 0 Å². The zero-order chi connectivity index (χ0) is 13.9. The quantitative estimate of drug-likeness (QED) is 0.865. The molecule has 18 heavy (non-hydrogen) atoms. The predicted molar refractivity (Wildman–Crippen MR) is 68.0 cm³/mol. The van der Waals surface area contributed by atoms with E-state index >= 15 is 0 Å². The van der Waals surface area contributed by atoms with Crippen molar-refractivity contribution >= 4 is 27.6 Å². The molecule has 1 aromatic rings. The first-order chi connectivity index (χ1) is 8.24. The number of hydrogen-bond donors (Lipinski definition) is 2. The van der Waals surface area contributed by atoms with Crippen LogP contribution in [0.4, 0.5) is 0 Å². The molecule has 0 aliphatic carbocycles. The molecule has 1 atom stereocenters. The molecule has 100 valence electrons. The third-order valence-electron chi connectivity index (χ3n) is 2.34. The Balaban J connectivity index is 3.01. The smallest absolute Gasteiger partial charge is 0.322 e. The minimum atomic E-state index is -3.86. The summed E-state index contributed by atoms with van der Waals surface area (Å²) in [6.07, 6.45) is 0. The zero-order valence-electron chi connectivity index (χ0n) is 9.92. The second-order valence-electron chi connectivity index (χ2n) is 4.14. The van der Waals surface area contributed by atoms with Gasteiger partial charge in [0.05, 0.1) is 4.90 Å². The van der Waals surface area contributed by atoms with Crippen molar-refractivity contribution in [2.24, 2.45) is 5.92 Å². The van der Waals surface area contributed by atoms with E-state index in [9.17, 15) is 13.2 Å². The monoisotopic (exact) mass is 291 g/mol. The van der Waals surface area contributed by atoms with Crippen molar-refractivity contribution in [1.82, 2.24) is 4.72 Å². The third kappa shape index (κ3) is 3.69.